The molecule has 0 amide bonds. The molecule has 194 valence electrons. The lowest BCUT2D eigenvalue weighted by molar-refractivity contribution is -0.798. The summed E-state index contributed by atoms with van der Waals surface area (Å²) in [6, 6.07) is 8.51. The molecule has 0 bridgehead atoms. The Hall–Kier alpha value is -4.49. The van der Waals surface area contributed by atoms with E-state index in [-0.39, 0.29) is 35.5 Å². The van der Waals surface area contributed by atoms with E-state index in [9.17, 15) is 30.7 Å². The number of imidazole rings is 1. The second-order valence-corrected chi connectivity index (χ2v) is 8.28. The highest BCUT2D eigenvalue weighted by Gasteiger charge is 2.38. The van der Waals surface area contributed by atoms with Gasteiger partial charge in [-0.25, -0.2) is 9.37 Å². The molecule has 3 aromatic heterocycles. The Morgan fingerprint density at radius 3 is 2.37 bits per heavy atom. The summed E-state index contributed by atoms with van der Waals surface area (Å²) in [7, 11) is 0. The van der Waals surface area contributed by atoms with Gasteiger partial charge in [0.15, 0.2) is 0 Å². The number of rotatable bonds is 4. The van der Waals surface area contributed by atoms with Crippen LogP contribution in [0.5, 0.6) is 0 Å². The maximum atomic E-state index is 13.9. The smallest absolute Gasteiger partial charge is 0.335 e. The van der Waals surface area contributed by atoms with Crippen molar-refractivity contribution in [1.82, 2.24) is 30.4 Å². The number of hydrogen-bond donors (Lipinski definition) is 1. The summed E-state index contributed by atoms with van der Waals surface area (Å²) in [5.74, 6) is 0.00924. The van der Waals surface area contributed by atoms with E-state index < -0.39 is 29.0 Å². The van der Waals surface area contributed by atoms with Crippen LogP contribution in [0.4, 0.5) is 30.7 Å². The van der Waals surface area contributed by atoms with Gasteiger partial charge >= 0.3 is 12.4 Å². The fourth-order valence-electron chi connectivity index (χ4n) is 3.78. The zero-order valence-corrected chi connectivity index (χ0v) is 19.2. The van der Waals surface area contributed by atoms with Crippen molar-refractivity contribution in [2.75, 3.05) is 0 Å². The number of alkyl halides is 6. The molecule has 14 heteroatoms. The van der Waals surface area contributed by atoms with Gasteiger partial charge in [0.2, 0.25) is 12.2 Å². The third kappa shape index (κ3) is 4.88. The maximum absolute atomic E-state index is 13.9. The van der Waals surface area contributed by atoms with Gasteiger partial charge in [0, 0.05) is 26.1 Å². The third-order valence-electron chi connectivity index (χ3n) is 5.72. The molecule has 0 atom stereocenters. The highest BCUT2D eigenvalue weighted by atomic mass is 19.4. The molecule has 0 saturated carbocycles. The highest BCUT2D eigenvalue weighted by Crippen LogP contribution is 2.40. The Morgan fingerprint density at radius 2 is 1.68 bits per heavy atom. The monoisotopic (exact) mass is 534 g/mol. The first kappa shape index (κ1) is 25.2. The predicted molar refractivity (Wildman–Crippen MR) is 119 cm³/mol. The van der Waals surface area contributed by atoms with Crippen LogP contribution < -0.4 is 4.80 Å². The molecule has 38 heavy (non-hydrogen) atoms. The fourth-order valence-corrected chi connectivity index (χ4v) is 3.78. The third-order valence-corrected chi connectivity index (χ3v) is 5.72. The molecule has 1 N–H and O–H groups in total. The van der Waals surface area contributed by atoms with Gasteiger partial charge in [0.25, 0.3) is 0 Å². The van der Waals surface area contributed by atoms with E-state index in [0.29, 0.717) is 28.5 Å². The molecule has 0 radical (unpaired) electrons. The fraction of sp³-hybridized carbons (Fsp3) is 0.167. The Morgan fingerprint density at radius 1 is 0.895 bits per heavy atom. The number of nitrogens with zero attached hydrogens (tertiary/aromatic N) is 6. The Balaban J connectivity index is 1.41. The van der Waals surface area contributed by atoms with Crippen molar-refractivity contribution in [1.29, 1.82) is 0 Å². The number of benzene rings is 2. The largest absolute Gasteiger partial charge is 0.417 e. The summed E-state index contributed by atoms with van der Waals surface area (Å²) in [5, 5.41) is 16.1. The van der Waals surface area contributed by atoms with Gasteiger partial charge in [-0.05, 0) is 42.8 Å². The second kappa shape index (κ2) is 9.11. The molecule has 0 aliphatic heterocycles. The van der Waals surface area contributed by atoms with Crippen LogP contribution in [0.3, 0.4) is 0 Å². The summed E-state index contributed by atoms with van der Waals surface area (Å²) in [5.41, 5.74) is -1.68. The molecule has 5 rings (SSSR count). The molecule has 0 unspecified atom stereocenters. The molecule has 3 heterocycles. The quantitative estimate of drug-likeness (QED) is 0.250. The van der Waals surface area contributed by atoms with Gasteiger partial charge in [-0.3, -0.25) is 0 Å². The lowest BCUT2D eigenvalue weighted by atomic mass is 10.0. The van der Waals surface area contributed by atoms with Gasteiger partial charge in [-0.1, -0.05) is 18.2 Å². The average molecular weight is 534 g/mol. The molecular formula is C24H15F7N7+. The molecule has 0 spiro atoms. The van der Waals surface area contributed by atoms with E-state index >= 15 is 0 Å². The number of nitrogens with one attached hydrogen (secondary N) is 1. The van der Waals surface area contributed by atoms with Crippen LogP contribution in [0.1, 0.15) is 22.4 Å². The van der Waals surface area contributed by atoms with Gasteiger partial charge in [0.1, 0.15) is 29.0 Å². The van der Waals surface area contributed by atoms with E-state index in [2.05, 4.69) is 30.4 Å². The number of fused-ring (bicyclic) bond motifs is 1. The lowest BCUT2D eigenvalue weighted by Crippen LogP contribution is -2.42. The second-order valence-electron chi connectivity index (χ2n) is 8.28. The molecule has 5 aromatic rings. The Bertz CT molecular complexity index is 1640. The van der Waals surface area contributed by atoms with Crippen molar-refractivity contribution < 1.29 is 35.5 Å². The summed E-state index contributed by atoms with van der Waals surface area (Å²) in [4.78, 5) is 8.63. The number of aromatic nitrogens is 7. The van der Waals surface area contributed by atoms with Crippen LogP contribution >= 0.6 is 0 Å². The first-order valence-corrected chi connectivity index (χ1v) is 10.9. The number of aromatic amines is 1. The minimum Gasteiger partial charge on any atom is -0.335 e. The van der Waals surface area contributed by atoms with Gasteiger partial charge in [-0.15, -0.1) is 5.10 Å². The van der Waals surface area contributed by atoms with Gasteiger partial charge < -0.3 is 4.98 Å². The van der Waals surface area contributed by atoms with E-state index in [4.69, 9.17) is 0 Å². The van der Waals surface area contributed by atoms with Crippen molar-refractivity contribution in [2.24, 2.45) is 0 Å². The SMILES string of the molecule is Cc1c(F)cccc1-c1nc2n[n+](Cc3ccc(-c4ccc(C(F)(F)F)cc4C(F)(F)F)nn3)ncc2[nH]1. The zero-order chi connectivity index (χ0) is 27.2. The first-order valence-electron chi connectivity index (χ1n) is 10.9. The normalized spacial score (nSPS) is 12.3. The topological polar surface area (TPSA) is 84.1 Å². The van der Waals surface area contributed by atoms with Crippen molar-refractivity contribution in [3.8, 4) is 22.6 Å². The predicted octanol–water partition coefficient (Wildman–Crippen LogP) is 5.30. The number of H-pyrrole nitrogens is 1. The molecule has 7 nitrogen and oxygen atoms in total. The van der Waals surface area contributed by atoms with E-state index in [1.807, 2.05) is 0 Å². The standard InChI is InChI=1S/C24H14F7N7/c1-12-15(3-2-4-18(12)25)21-33-20-10-32-38(37-22(20)34-21)11-14-6-8-19(36-35-14)16-7-5-13(23(26,27)28)9-17(16)24(29,30)31/h2-10H,11H2,1H3/p+1. The molecule has 0 saturated heterocycles. The van der Waals surface area contributed by atoms with Gasteiger partial charge in [-0.2, -0.15) is 31.4 Å². The lowest BCUT2D eigenvalue weighted by Gasteiger charge is -2.15. The molecule has 0 aliphatic carbocycles. The maximum Gasteiger partial charge on any atom is 0.417 e. The Kier molecular flexibility index (Phi) is 6.04. The molecular weight excluding hydrogens is 519 g/mol. The summed E-state index contributed by atoms with van der Waals surface area (Å²) < 4.78 is 93.2. The zero-order valence-electron chi connectivity index (χ0n) is 19.2. The van der Waals surface area contributed by atoms with E-state index in [0.717, 1.165) is 6.07 Å². The van der Waals surface area contributed by atoms with E-state index in [1.54, 1.807) is 19.1 Å². The summed E-state index contributed by atoms with van der Waals surface area (Å²) in [6.07, 6.45) is -8.52. The van der Waals surface area contributed by atoms with Crippen molar-refractivity contribution in [3.05, 3.63) is 82.9 Å². The molecule has 0 aliphatic rings. The van der Waals surface area contributed by atoms with Crippen LogP contribution in [0.25, 0.3) is 33.8 Å². The van der Waals surface area contributed by atoms with Crippen LogP contribution in [0.2, 0.25) is 0 Å². The minimum absolute atomic E-state index is 0.0243. The van der Waals surface area contributed by atoms with E-state index in [1.165, 1.54) is 29.2 Å². The first-order chi connectivity index (χ1) is 17.9. The van der Waals surface area contributed by atoms with Crippen molar-refractivity contribution >= 4 is 11.2 Å². The summed E-state index contributed by atoms with van der Waals surface area (Å²) in [6.45, 7) is 1.60. The van der Waals surface area contributed by atoms with Crippen molar-refractivity contribution in [3.63, 3.8) is 0 Å². The van der Waals surface area contributed by atoms with Crippen LogP contribution in [0, 0.1) is 12.7 Å². The van der Waals surface area contributed by atoms with Crippen molar-refractivity contribution in [2.45, 2.75) is 25.8 Å². The Labute approximate surface area is 209 Å². The highest BCUT2D eigenvalue weighted by molar-refractivity contribution is 5.75. The number of hydrogen-bond acceptors (Lipinski definition) is 5. The van der Waals surface area contributed by atoms with Crippen LogP contribution in [-0.2, 0) is 18.9 Å². The van der Waals surface area contributed by atoms with Gasteiger partial charge in [0.05, 0.1) is 16.8 Å². The average Bonchev–Trinajstić information content (AvgIpc) is 3.28. The molecule has 2 aromatic carbocycles. The van der Waals surface area contributed by atoms with Crippen LogP contribution in [0.15, 0.2) is 54.7 Å². The number of halogens is 7. The molecule has 0 fully saturated rings. The summed E-state index contributed by atoms with van der Waals surface area (Å²) >= 11 is 0. The minimum atomic E-state index is -5.04. The van der Waals surface area contributed by atoms with Crippen LogP contribution in [-0.4, -0.2) is 30.4 Å².